The molecule has 1 aromatic heterocycles. The number of carbonyl (C=O) groups is 2. The number of hydrogen-bond donors (Lipinski definition) is 2. The lowest BCUT2D eigenvalue weighted by Crippen LogP contribution is -2.52. The number of benzene rings is 1. The maximum Gasteiger partial charge on any atom is 0.262 e. The number of ketones is 1. The first-order valence-electron chi connectivity index (χ1n) is 8.71. The van der Waals surface area contributed by atoms with Crippen molar-refractivity contribution in [1.29, 1.82) is 0 Å². The number of amides is 1. The van der Waals surface area contributed by atoms with Gasteiger partial charge in [-0.25, -0.2) is 0 Å². The van der Waals surface area contributed by atoms with Gasteiger partial charge in [0.05, 0.1) is 18.1 Å². The molecule has 1 atom stereocenters. The zero-order valence-corrected chi connectivity index (χ0v) is 15.3. The van der Waals surface area contributed by atoms with Crippen LogP contribution < -0.4 is 10.6 Å². The van der Waals surface area contributed by atoms with E-state index in [4.69, 9.17) is 4.74 Å². The summed E-state index contributed by atoms with van der Waals surface area (Å²) in [5.74, 6) is -0.384. The molecule has 2 N–H and O–H groups in total. The molecule has 1 amide bonds. The third kappa shape index (κ3) is 5.22. The van der Waals surface area contributed by atoms with Crippen molar-refractivity contribution >= 4 is 23.0 Å². The molecule has 0 spiro atoms. The Labute approximate surface area is 157 Å². The van der Waals surface area contributed by atoms with Crippen molar-refractivity contribution in [2.75, 3.05) is 39.4 Å². The zero-order valence-electron chi connectivity index (χ0n) is 14.5. The van der Waals surface area contributed by atoms with Crippen molar-refractivity contribution in [1.82, 2.24) is 15.5 Å². The molecule has 1 unspecified atom stereocenters. The number of rotatable bonds is 8. The molecule has 0 radical (unpaired) electrons. The quantitative estimate of drug-likeness (QED) is 0.543. The fourth-order valence-corrected chi connectivity index (χ4v) is 3.41. The summed E-state index contributed by atoms with van der Waals surface area (Å²) in [7, 11) is 0. The summed E-state index contributed by atoms with van der Waals surface area (Å²) in [4.78, 5) is 28.1. The van der Waals surface area contributed by atoms with Crippen molar-refractivity contribution in [2.45, 2.75) is 6.17 Å². The average Bonchev–Trinajstić information content (AvgIpc) is 3.23. The van der Waals surface area contributed by atoms with Gasteiger partial charge in [-0.3, -0.25) is 19.8 Å². The molecule has 2 heterocycles. The zero-order chi connectivity index (χ0) is 18.2. The fraction of sp³-hybridized carbons (Fsp3) is 0.368. The van der Waals surface area contributed by atoms with E-state index >= 15 is 0 Å². The van der Waals surface area contributed by atoms with E-state index in [1.54, 1.807) is 18.2 Å². The van der Waals surface area contributed by atoms with Crippen LogP contribution in [0.2, 0.25) is 0 Å². The van der Waals surface area contributed by atoms with E-state index in [2.05, 4.69) is 15.5 Å². The van der Waals surface area contributed by atoms with Gasteiger partial charge in [-0.05, 0) is 11.4 Å². The second-order valence-electron chi connectivity index (χ2n) is 6.02. The lowest BCUT2D eigenvalue weighted by molar-refractivity contribution is 0.0379. The van der Waals surface area contributed by atoms with Crippen LogP contribution in [-0.4, -0.2) is 62.1 Å². The van der Waals surface area contributed by atoms with Crippen molar-refractivity contribution in [3.8, 4) is 0 Å². The van der Waals surface area contributed by atoms with Crippen molar-refractivity contribution in [3.63, 3.8) is 0 Å². The highest BCUT2D eigenvalue weighted by Gasteiger charge is 2.23. The molecule has 138 valence electrons. The van der Waals surface area contributed by atoms with Crippen LogP contribution in [0.15, 0.2) is 47.8 Å². The number of ether oxygens (including phenoxy) is 1. The summed E-state index contributed by atoms with van der Waals surface area (Å²) < 4.78 is 5.35. The molecule has 0 saturated carbocycles. The van der Waals surface area contributed by atoms with Crippen LogP contribution in [-0.2, 0) is 4.74 Å². The maximum absolute atomic E-state index is 12.8. The molecule has 26 heavy (non-hydrogen) atoms. The molecule has 6 nitrogen and oxygen atoms in total. The van der Waals surface area contributed by atoms with Crippen LogP contribution in [0, 0.1) is 0 Å². The summed E-state index contributed by atoms with van der Waals surface area (Å²) in [6.07, 6.45) is -0.756. The van der Waals surface area contributed by atoms with E-state index in [0.29, 0.717) is 17.0 Å². The van der Waals surface area contributed by atoms with E-state index in [9.17, 15) is 9.59 Å². The summed E-state index contributed by atoms with van der Waals surface area (Å²) in [5.41, 5.74) is 0.572. The van der Waals surface area contributed by atoms with E-state index in [0.717, 1.165) is 32.8 Å². The van der Waals surface area contributed by atoms with Crippen LogP contribution in [0.1, 0.15) is 20.0 Å². The summed E-state index contributed by atoms with van der Waals surface area (Å²) >= 11 is 1.35. The summed E-state index contributed by atoms with van der Waals surface area (Å²) in [6, 6.07) is 12.6. The number of nitrogens with zero attached hydrogens (tertiary/aromatic N) is 1. The van der Waals surface area contributed by atoms with E-state index < -0.39 is 6.17 Å². The van der Waals surface area contributed by atoms with Gasteiger partial charge in [0, 0.05) is 31.7 Å². The minimum atomic E-state index is -0.756. The SMILES string of the molecule is O=C(NC(NCCN1CCOCC1)C(=O)c1ccccc1)c1cccs1. The Morgan fingerprint density at radius 3 is 2.58 bits per heavy atom. The Kier molecular flexibility index (Phi) is 6.90. The topological polar surface area (TPSA) is 70.7 Å². The fourth-order valence-electron chi connectivity index (χ4n) is 2.78. The lowest BCUT2D eigenvalue weighted by Gasteiger charge is -2.27. The normalized spacial score (nSPS) is 16.2. The minimum Gasteiger partial charge on any atom is -0.379 e. The average molecular weight is 373 g/mol. The number of carbonyl (C=O) groups excluding carboxylic acids is 2. The number of thiophene rings is 1. The smallest absolute Gasteiger partial charge is 0.262 e. The highest BCUT2D eigenvalue weighted by Crippen LogP contribution is 2.09. The first kappa shape index (κ1) is 18.7. The molecule has 1 saturated heterocycles. The number of Topliss-reactive ketones (excluding diaryl/α,β-unsaturated/α-hetero) is 1. The first-order valence-corrected chi connectivity index (χ1v) is 9.59. The first-order chi connectivity index (χ1) is 12.7. The molecular weight excluding hydrogens is 350 g/mol. The molecule has 1 fully saturated rings. The molecule has 7 heteroatoms. The molecule has 0 aliphatic carbocycles. The van der Waals surface area contributed by atoms with Gasteiger partial charge < -0.3 is 10.1 Å². The monoisotopic (exact) mass is 373 g/mol. The van der Waals surface area contributed by atoms with E-state index in [-0.39, 0.29) is 11.7 Å². The van der Waals surface area contributed by atoms with Gasteiger partial charge in [0.25, 0.3) is 5.91 Å². The minimum absolute atomic E-state index is 0.141. The predicted octanol–water partition coefficient (Wildman–Crippen LogP) is 1.61. The standard InChI is InChI=1S/C19H23N3O3S/c23-17(15-5-2-1-3-6-15)18(21-19(24)16-7-4-14-26-16)20-8-9-22-10-12-25-13-11-22/h1-7,14,18,20H,8-13H2,(H,21,24). The van der Waals surface area contributed by atoms with Gasteiger partial charge in [0.2, 0.25) is 0 Å². The second-order valence-corrected chi connectivity index (χ2v) is 6.97. The van der Waals surface area contributed by atoms with Crippen LogP contribution in [0.4, 0.5) is 0 Å². The largest absolute Gasteiger partial charge is 0.379 e. The van der Waals surface area contributed by atoms with Crippen molar-refractivity contribution < 1.29 is 14.3 Å². The number of nitrogens with one attached hydrogen (secondary N) is 2. The molecule has 2 aromatic rings. The predicted molar refractivity (Wildman–Crippen MR) is 102 cm³/mol. The second kappa shape index (κ2) is 9.59. The molecule has 1 aromatic carbocycles. The van der Waals surface area contributed by atoms with E-state index in [1.165, 1.54) is 11.3 Å². The summed E-state index contributed by atoms with van der Waals surface area (Å²) in [5, 5.41) is 7.86. The van der Waals surface area contributed by atoms with Crippen molar-refractivity contribution in [2.24, 2.45) is 0 Å². The Hall–Kier alpha value is -2.06. The van der Waals surface area contributed by atoms with Crippen LogP contribution >= 0.6 is 11.3 Å². The van der Waals surface area contributed by atoms with E-state index in [1.807, 2.05) is 29.6 Å². The van der Waals surface area contributed by atoms with Crippen LogP contribution in [0.3, 0.4) is 0 Å². The molecular formula is C19H23N3O3S. The number of hydrogen-bond acceptors (Lipinski definition) is 6. The van der Waals surface area contributed by atoms with Crippen LogP contribution in [0.5, 0.6) is 0 Å². The summed E-state index contributed by atoms with van der Waals surface area (Å²) in [6.45, 7) is 4.66. The van der Waals surface area contributed by atoms with Crippen LogP contribution in [0.25, 0.3) is 0 Å². The molecule has 3 rings (SSSR count). The Morgan fingerprint density at radius 2 is 1.88 bits per heavy atom. The molecule has 1 aliphatic heterocycles. The van der Waals surface area contributed by atoms with Gasteiger partial charge in [0.1, 0.15) is 6.17 Å². The third-order valence-corrected chi connectivity index (χ3v) is 5.09. The van der Waals surface area contributed by atoms with Gasteiger partial charge in [-0.2, -0.15) is 0 Å². The molecule has 0 bridgehead atoms. The number of morpholine rings is 1. The highest BCUT2D eigenvalue weighted by atomic mass is 32.1. The Bertz CT molecular complexity index is 700. The maximum atomic E-state index is 12.8. The Morgan fingerprint density at radius 1 is 1.12 bits per heavy atom. The molecule has 1 aliphatic rings. The van der Waals surface area contributed by atoms with Gasteiger partial charge >= 0.3 is 0 Å². The third-order valence-electron chi connectivity index (χ3n) is 4.22. The highest BCUT2D eigenvalue weighted by molar-refractivity contribution is 7.12. The Balaban J connectivity index is 1.62. The van der Waals surface area contributed by atoms with Gasteiger partial charge in [-0.1, -0.05) is 36.4 Å². The van der Waals surface area contributed by atoms with Gasteiger partial charge in [-0.15, -0.1) is 11.3 Å². The lowest BCUT2D eigenvalue weighted by atomic mass is 10.1. The van der Waals surface area contributed by atoms with Crippen molar-refractivity contribution in [3.05, 3.63) is 58.3 Å². The van der Waals surface area contributed by atoms with Gasteiger partial charge in [0.15, 0.2) is 5.78 Å².